The summed E-state index contributed by atoms with van der Waals surface area (Å²) in [5.74, 6) is -0.109. The van der Waals surface area contributed by atoms with Crippen LogP contribution in [0.25, 0.3) is 0 Å². The van der Waals surface area contributed by atoms with Crippen LogP contribution in [0.4, 0.5) is 5.69 Å². The molecule has 0 radical (unpaired) electrons. The minimum Gasteiger partial charge on any atom is -0.491 e. The molecular weight excluding hydrogens is 411 g/mol. The van der Waals surface area contributed by atoms with E-state index >= 15 is 0 Å². The molecule has 0 saturated heterocycles. The van der Waals surface area contributed by atoms with Gasteiger partial charge in [0.2, 0.25) is 10.0 Å². The first-order valence-corrected chi connectivity index (χ1v) is 10.3. The van der Waals surface area contributed by atoms with Crippen LogP contribution in [0.2, 0.25) is 10.0 Å². The Kier molecular flexibility index (Phi) is 7.11. The van der Waals surface area contributed by atoms with Crippen molar-refractivity contribution in [1.82, 2.24) is 4.31 Å². The quantitative estimate of drug-likeness (QED) is 0.710. The smallest absolute Gasteiger partial charge is 0.257 e. The lowest BCUT2D eigenvalue weighted by Gasteiger charge is -2.15. The molecule has 0 heterocycles. The maximum atomic E-state index is 12.7. The van der Waals surface area contributed by atoms with Crippen molar-refractivity contribution < 1.29 is 17.9 Å². The minimum absolute atomic E-state index is 0.0287. The van der Waals surface area contributed by atoms with Crippen LogP contribution in [0.5, 0.6) is 5.75 Å². The lowest BCUT2D eigenvalue weighted by atomic mass is 10.2. The molecule has 0 aliphatic rings. The summed E-state index contributed by atoms with van der Waals surface area (Å²) in [5.41, 5.74) is 0.402. The van der Waals surface area contributed by atoms with E-state index in [-0.39, 0.29) is 15.5 Å². The fourth-order valence-electron chi connectivity index (χ4n) is 2.18. The van der Waals surface area contributed by atoms with Gasteiger partial charge in [-0.1, -0.05) is 30.1 Å². The van der Waals surface area contributed by atoms with Gasteiger partial charge in [-0.2, -0.15) is 0 Å². The van der Waals surface area contributed by atoms with E-state index in [2.05, 4.69) is 5.32 Å². The molecule has 0 bridgehead atoms. The number of halogens is 2. The number of nitrogens with zero attached hydrogens (tertiary/aromatic N) is 1. The molecular formula is C18H20Cl2N2O4S. The zero-order chi connectivity index (χ0) is 20.2. The van der Waals surface area contributed by atoms with E-state index in [9.17, 15) is 13.2 Å². The van der Waals surface area contributed by atoms with E-state index in [1.807, 2.05) is 6.92 Å². The summed E-state index contributed by atoms with van der Waals surface area (Å²) in [5, 5.41) is 3.23. The van der Waals surface area contributed by atoms with Crippen LogP contribution < -0.4 is 10.1 Å². The van der Waals surface area contributed by atoms with Gasteiger partial charge in [0.25, 0.3) is 5.91 Å². The highest BCUT2D eigenvalue weighted by molar-refractivity contribution is 7.89. The SMILES string of the molecule is CCCOc1ccc(Cl)cc1NC(=O)c1cc(S(=O)(=O)N(C)C)ccc1Cl. The molecule has 1 amide bonds. The summed E-state index contributed by atoms with van der Waals surface area (Å²) < 4.78 is 31.3. The third kappa shape index (κ3) is 5.13. The fourth-order valence-corrected chi connectivity index (χ4v) is 3.48. The van der Waals surface area contributed by atoms with Crippen LogP contribution in [0, 0.1) is 0 Å². The molecule has 1 N–H and O–H groups in total. The van der Waals surface area contributed by atoms with Gasteiger partial charge in [0, 0.05) is 19.1 Å². The molecule has 2 aromatic rings. The highest BCUT2D eigenvalue weighted by atomic mass is 35.5. The van der Waals surface area contributed by atoms with Gasteiger partial charge in [0.05, 0.1) is 27.8 Å². The lowest BCUT2D eigenvalue weighted by Crippen LogP contribution is -2.23. The minimum atomic E-state index is -3.70. The number of carbonyl (C=O) groups excluding carboxylic acids is 1. The molecule has 0 unspecified atom stereocenters. The maximum absolute atomic E-state index is 12.7. The van der Waals surface area contributed by atoms with Crippen LogP contribution in [0.1, 0.15) is 23.7 Å². The monoisotopic (exact) mass is 430 g/mol. The molecule has 0 spiro atoms. The van der Waals surface area contributed by atoms with Gasteiger partial charge in [-0.3, -0.25) is 4.79 Å². The van der Waals surface area contributed by atoms with Gasteiger partial charge in [0.1, 0.15) is 5.75 Å². The molecule has 2 rings (SSSR count). The van der Waals surface area contributed by atoms with Crippen molar-refractivity contribution >= 4 is 44.8 Å². The summed E-state index contributed by atoms with van der Waals surface area (Å²) in [4.78, 5) is 12.7. The van der Waals surface area contributed by atoms with Crippen molar-refractivity contribution in [3.63, 3.8) is 0 Å². The van der Waals surface area contributed by atoms with Crippen LogP contribution in [0.15, 0.2) is 41.3 Å². The van der Waals surface area contributed by atoms with Crippen LogP contribution >= 0.6 is 23.2 Å². The number of sulfonamides is 1. The molecule has 0 atom stereocenters. The van der Waals surface area contributed by atoms with Crippen molar-refractivity contribution in [3.05, 3.63) is 52.0 Å². The summed E-state index contributed by atoms with van der Waals surface area (Å²) in [6.45, 7) is 2.44. The molecule has 0 aliphatic heterocycles. The first-order chi connectivity index (χ1) is 12.7. The van der Waals surface area contributed by atoms with E-state index in [4.69, 9.17) is 27.9 Å². The number of carbonyl (C=O) groups is 1. The van der Waals surface area contributed by atoms with Crippen LogP contribution in [-0.4, -0.2) is 39.3 Å². The Balaban J connectivity index is 2.38. The molecule has 0 fully saturated rings. The Bertz CT molecular complexity index is 946. The van der Waals surface area contributed by atoms with Gasteiger partial charge < -0.3 is 10.1 Å². The molecule has 0 saturated carbocycles. The Morgan fingerprint density at radius 1 is 1.15 bits per heavy atom. The Morgan fingerprint density at radius 2 is 1.85 bits per heavy atom. The number of amides is 1. The Hall–Kier alpha value is -1.80. The maximum Gasteiger partial charge on any atom is 0.257 e. The topological polar surface area (TPSA) is 75.7 Å². The summed E-state index contributed by atoms with van der Waals surface area (Å²) in [7, 11) is -0.881. The number of ether oxygens (including phenoxy) is 1. The molecule has 9 heteroatoms. The number of anilines is 1. The molecule has 146 valence electrons. The predicted molar refractivity (Wildman–Crippen MR) is 108 cm³/mol. The van der Waals surface area contributed by atoms with Crippen LogP contribution in [-0.2, 0) is 10.0 Å². The summed E-state index contributed by atoms with van der Waals surface area (Å²) in [6, 6.07) is 8.83. The standard InChI is InChI=1S/C18H20Cl2N2O4S/c1-4-9-26-17-8-5-12(19)10-16(17)21-18(23)14-11-13(6-7-15(14)20)27(24,25)22(2)3/h5-8,10-11H,4,9H2,1-3H3,(H,21,23). The van der Waals surface area contributed by atoms with E-state index in [1.54, 1.807) is 18.2 Å². The average molecular weight is 431 g/mol. The summed E-state index contributed by atoms with van der Waals surface area (Å²) in [6.07, 6.45) is 0.798. The number of nitrogens with one attached hydrogen (secondary N) is 1. The van der Waals surface area contributed by atoms with Gasteiger partial charge >= 0.3 is 0 Å². The fraction of sp³-hybridized carbons (Fsp3) is 0.278. The van der Waals surface area contributed by atoms with Gasteiger partial charge in [-0.15, -0.1) is 0 Å². The van der Waals surface area contributed by atoms with Gasteiger partial charge in [0.15, 0.2) is 0 Å². The lowest BCUT2D eigenvalue weighted by molar-refractivity contribution is 0.102. The van der Waals surface area contributed by atoms with Crippen molar-refractivity contribution in [2.24, 2.45) is 0 Å². The number of hydrogen-bond donors (Lipinski definition) is 1. The summed E-state index contributed by atoms with van der Waals surface area (Å²) >= 11 is 12.1. The van der Waals surface area contributed by atoms with Crippen molar-refractivity contribution in [1.29, 1.82) is 0 Å². The second kappa shape index (κ2) is 8.93. The number of hydrogen-bond acceptors (Lipinski definition) is 4. The first kappa shape index (κ1) is 21.5. The van der Waals surface area contributed by atoms with Crippen molar-refractivity contribution in [2.75, 3.05) is 26.0 Å². The Labute approximate surface area is 169 Å². The van der Waals surface area contributed by atoms with Crippen molar-refractivity contribution in [3.8, 4) is 5.75 Å². The average Bonchev–Trinajstić information content (AvgIpc) is 2.61. The molecule has 2 aromatic carbocycles. The highest BCUT2D eigenvalue weighted by Crippen LogP contribution is 2.30. The number of benzene rings is 2. The molecule has 6 nitrogen and oxygen atoms in total. The molecule has 0 aliphatic carbocycles. The first-order valence-electron chi connectivity index (χ1n) is 8.12. The third-order valence-corrected chi connectivity index (χ3v) is 5.99. The van der Waals surface area contributed by atoms with E-state index in [1.165, 1.54) is 32.3 Å². The number of rotatable bonds is 7. The van der Waals surface area contributed by atoms with E-state index in [0.717, 1.165) is 10.7 Å². The Morgan fingerprint density at radius 3 is 2.48 bits per heavy atom. The van der Waals surface area contributed by atoms with Gasteiger partial charge in [-0.05, 0) is 42.8 Å². The zero-order valence-corrected chi connectivity index (χ0v) is 17.5. The second-order valence-electron chi connectivity index (χ2n) is 5.87. The van der Waals surface area contributed by atoms with Gasteiger partial charge in [-0.25, -0.2) is 12.7 Å². The third-order valence-electron chi connectivity index (χ3n) is 3.61. The zero-order valence-electron chi connectivity index (χ0n) is 15.1. The highest BCUT2D eigenvalue weighted by Gasteiger charge is 2.21. The molecule has 27 heavy (non-hydrogen) atoms. The van der Waals surface area contributed by atoms with E-state index in [0.29, 0.717) is 23.1 Å². The predicted octanol–water partition coefficient (Wildman–Crippen LogP) is 4.28. The van der Waals surface area contributed by atoms with Crippen LogP contribution in [0.3, 0.4) is 0 Å². The normalized spacial score (nSPS) is 11.5. The van der Waals surface area contributed by atoms with Crippen molar-refractivity contribution in [2.45, 2.75) is 18.2 Å². The second-order valence-corrected chi connectivity index (χ2v) is 8.87. The largest absolute Gasteiger partial charge is 0.491 e. The van der Waals surface area contributed by atoms with E-state index < -0.39 is 15.9 Å². The molecule has 0 aromatic heterocycles.